The molecule has 0 bridgehead atoms. The number of rotatable bonds is 12. The number of aliphatic hydroxyl groups is 1. The van der Waals surface area contributed by atoms with Crippen molar-refractivity contribution in [2.45, 2.75) is 51.6 Å². The van der Waals surface area contributed by atoms with Gasteiger partial charge in [-0.2, -0.15) is 0 Å². The van der Waals surface area contributed by atoms with Gasteiger partial charge in [-0.3, -0.25) is 4.90 Å². The molecule has 4 aromatic rings. The number of nitrogens with zero attached hydrogens (tertiary/aromatic N) is 2. The van der Waals surface area contributed by atoms with Crippen molar-refractivity contribution in [2.75, 3.05) is 44.2 Å². The van der Waals surface area contributed by atoms with E-state index < -0.39 is 5.60 Å². The third-order valence-electron chi connectivity index (χ3n) is 8.73. The normalized spacial score (nSPS) is 16.1. The lowest BCUT2D eigenvalue weighted by Crippen LogP contribution is -2.50. The molecule has 0 radical (unpaired) electrons. The number of piperazine rings is 1. The van der Waals surface area contributed by atoms with Crippen LogP contribution in [0.25, 0.3) is 0 Å². The van der Waals surface area contributed by atoms with Crippen LogP contribution in [-0.4, -0.2) is 49.3 Å². The zero-order valence-corrected chi connectivity index (χ0v) is 25.5. The molecule has 1 heterocycles. The summed E-state index contributed by atoms with van der Waals surface area (Å²) in [5.41, 5.74) is 6.09. The van der Waals surface area contributed by atoms with Crippen LogP contribution in [0.4, 0.5) is 5.69 Å². The second-order valence-electron chi connectivity index (χ2n) is 11.9. The molecule has 220 valence electrons. The van der Waals surface area contributed by atoms with Crippen molar-refractivity contribution in [1.82, 2.24) is 4.90 Å². The lowest BCUT2D eigenvalue weighted by Gasteiger charge is -2.43. The lowest BCUT2D eigenvalue weighted by molar-refractivity contribution is -0.00554. The molecule has 0 spiro atoms. The van der Waals surface area contributed by atoms with E-state index in [1.54, 1.807) is 0 Å². The zero-order valence-electron chi connectivity index (χ0n) is 25.5. The summed E-state index contributed by atoms with van der Waals surface area (Å²) in [6.45, 7) is 11.9. The van der Waals surface area contributed by atoms with Gasteiger partial charge in [0.25, 0.3) is 0 Å². The molecule has 0 unspecified atom stereocenters. The minimum atomic E-state index is -1.10. The van der Waals surface area contributed by atoms with E-state index in [1.807, 2.05) is 18.2 Å². The maximum Gasteiger partial charge on any atom is 0.119 e. The molecule has 0 saturated carbocycles. The molecule has 1 saturated heterocycles. The number of ether oxygens (including phenoxy) is 1. The summed E-state index contributed by atoms with van der Waals surface area (Å²) in [6.07, 6.45) is 2.67. The SMILES string of the molecule is CCCCOc1ccc([C@](O)(Cc2ccccc2)[C@@H](CN2CCN(c3cc(C)ccc3C)CC2)c2ccccc2)cc1. The maximum atomic E-state index is 12.9. The van der Waals surface area contributed by atoms with E-state index in [4.69, 9.17) is 4.74 Å². The molecule has 2 atom stereocenters. The summed E-state index contributed by atoms with van der Waals surface area (Å²) >= 11 is 0. The maximum absolute atomic E-state index is 12.9. The Labute approximate surface area is 252 Å². The van der Waals surface area contributed by atoms with Crippen molar-refractivity contribution in [2.24, 2.45) is 0 Å². The molecule has 42 heavy (non-hydrogen) atoms. The molecule has 0 aromatic heterocycles. The standard InChI is InChI=1S/C38H46N2O2/c1-4-5-26-42-35-20-18-34(19-21-35)38(41,28-32-12-8-6-9-13-32)36(33-14-10-7-11-15-33)29-39-22-24-40(25-23-39)37-27-30(2)16-17-31(37)3/h6-21,27,36,41H,4-5,22-26,28-29H2,1-3H3/t36-,38+/m0/s1. The minimum Gasteiger partial charge on any atom is -0.494 e. The molecule has 1 N–H and O–H groups in total. The Bertz CT molecular complexity index is 1380. The molecule has 4 aromatic carbocycles. The van der Waals surface area contributed by atoms with Crippen LogP contribution >= 0.6 is 0 Å². The van der Waals surface area contributed by atoms with Gasteiger partial charge in [0.1, 0.15) is 11.4 Å². The summed E-state index contributed by atoms with van der Waals surface area (Å²) in [5.74, 6) is 0.742. The number of unbranched alkanes of at least 4 members (excludes halogenated alkanes) is 1. The number of aryl methyl sites for hydroxylation is 2. The molecule has 1 aliphatic rings. The van der Waals surface area contributed by atoms with E-state index in [2.05, 4.69) is 116 Å². The number of hydrogen-bond donors (Lipinski definition) is 1. The molecular formula is C38H46N2O2. The first kappa shape index (κ1) is 29.9. The van der Waals surface area contributed by atoms with Crippen LogP contribution < -0.4 is 9.64 Å². The van der Waals surface area contributed by atoms with Gasteiger partial charge < -0.3 is 14.7 Å². The number of benzene rings is 4. The average Bonchev–Trinajstić information content (AvgIpc) is 3.02. The average molecular weight is 563 g/mol. The predicted molar refractivity (Wildman–Crippen MR) is 175 cm³/mol. The van der Waals surface area contributed by atoms with Gasteiger partial charge >= 0.3 is 0 Å². The van der Waals surface area contributed by atoms with Crippen LogP contribution in [0.2, 0.25) is 0 Å². The number of anilines is 1. The highest BCUT2D eigenvalue weighted by molar-refractivity contribution is 5.55. The fraction of sp³-hybridized carbons (Fsp3) is 0.368. The second-order valence-corrected chi connectivity index (χ2v) is 11.9. The summed E-state index contributed by atoms with van der Waals surface area (Å²) in [4.78, 5) is 5.06. The van der Waals surface area contributed by atoms with Crippen molar-refractivity contribution >= 4 is 5.69 Å². The van der Waals surface area contributed by atoms with Gasteiger partial charge in [0.15, 0.2) is 0 Å². The molecular weight excluding hydrogens is 516 g/mol. The Morgan fingerprint density at radius 2 is 1.48 bits per heavy atom. The van der Waals surface area contributed by atoms with Gasteiger partial charge in [0.05, 0.1) is 6.61 Å². The third kappa shape index (κ3) is 7.24. The largest absolute Gasteiger partial charge is 0.494 e. The molecule has 1 aliphatic heterocycles. The van der Waals surface area contributed by atoms with Crippen molar-refractivity contribution in [3.8, 4) is 5.75 Å². The summed E-state index contributed by atoms with van der Waals surface area (Å²) in [7, 11) is 0. The van der Waals surface area contributed by atoms with E-state index in [1.165, 1.54) is 16.8 Å². The van der Waals surface area contributed by atoms with Crippen LogP contribution in [0.5, 0.6) is 5.75 Å². The van der Waals surface area contributed by atoms with Gasteiger partial charge in [0, 0.05) is 50.7 Å². The Morgan fingerprint density at radius 3 is 2.14 bits per heavy atom. The van der Waals surface area contributed by atoms with Gasteiger partial charge in [0.2, 0.25) is 0 Å². The molecule has 1 fully saturated rings. The van der Waals surface area contributed by atoms with E-state index in [9.17, 15) is 5.11 Å². The summed E-state index contributed by atoms with van der Waals surface area (Å²) < 4.78 is 5.97. The van der Waals surface area contributed by atoms with Crippen molar-refractivity contribution < 1.29 is 9.84 Å². The van der Waals surface area contributed by atoms with Crippen molar-refractivity contribution in [3.05, 3.63) is 131 Å². The van der Waals surface area contributed by atoms with E-state index in [0.717, 1.165) is 68.0 Å². The Balaban J connectivity index is 1.43. The molecule has 0 amide bonds. The van der Waals surface area contributed by atoms with Crippen LogP contribution in [-0.2, 0) is 12.0 Å². The molecule has 4 heteroatoms. The Hall–Kier alpha value is -3.60. The van der Waals surface area contributed by atoms with E-state index in [-0.39, 0.29) is 5.92 Å². The van der Waals surface area contributed by atoms with Gasteiger partial charge in [-0.05, 0) is 66.3 Å². The predicted octanol–water partition coefficient (Wildman–Crippen LogP) is 7.52. The monoisotopic (exact) mass is 562 g/mol. The topological polar surface area (TPSA) is 35.9 Å². The first-order chi connectivity index (χ1) is 20.5. The highest BCUT2D eigenvalue weighted by Gasteiger charge is 2.41. The van der Waals surface area contributed by atoms with E-state index >= 15 is 0 Å². The van der Waals surface area contributed by atoms with Crippen molar-refractivity contribution in [1.29, 1.82) is 0 Å². The highest BCUT2D eigenvalue weighted by Crippen LogP contribution is 2.41. The third-order valence-corrected chi connectivity index (χ3v) is 8.73. The fourth-order valence-corrected chi connectivity index (χ4v) is 6.21. The Kier molecular flexibility index (Phi) is 9.99. The van der Waals surface area contributed by atoms with Crippen LogP contribution in [0.3, 0.4) is 0 Å². The molecule has 4 nitrogen and oxygen atoms in total. The van der Waals surface area contributed by atoms with Gasteiger partial charge in [-0.25, -0.2) is 0 Å². The quantitative estimate of drug-likeness (QED) is 0.181. The van der Waals surface area contributed by atoms with Gasteiger partial charge in [-0.15, -0.1) is 0 Å². The summed E-state index contributed by atoms with van der Waals surface area (Å²) in [5, 5.41) is 12.9. The van der Waals surface area contributed by atoms with Crippen molar-refractivity contribution in [3.63, 3.8) is 0 Å². The van der Waals surface area contributed by atoms with Crippen LogP contribution in [0.15, 0.2) is 103 Å². The lowest BCUT2D eigenvalue weighted by atomic mass is 9.73. The van der Waals surface area contributed by atoms with Gasteiger partial charge in [-0.1, -0.05) is 98.3 Å². The molecule has 5 rings (SSSR count). The van der Waals surface area contributed by atoms with E-state index in [0.29, 0.717) is 13.0 Å². The fourth-order valence-electron chi connectivity index (χ4n) is 6.21. The van der Waals surface area contributed by atoms with Crippen LogP contribution in [0, 0.1) is 13.8 Å². The highest BCUT2D eigenvalue weighted by atomic mass is 16.5. The first-order valence-corrected chi connectivity index (χ1v) is 15.6. The first-order valence-electron chi connectivity index (χ1n) is 15.6. The zero-order chi connectivity index (χ0) is 29.4. The molecule has 0 aliphatic carbocycles. The second kappa shape index (κ2) is 14.0. The smallest absolute Gasteiger partial charge is 0.119 e. The van der Waals surface area contributed by atoms with Crippen LogP contribution in [0.1, 0.15) is 53.5 Å². The summed E-state index contributed by atoms with van der Waals surface area (Å²) in [6, 6.07) is 35.9. The Morgan fingerprint density at radius 1 is 0.810 bits per heavy atom. The minimum absolute atomic E-state index is 0.113. The number of hydrogen-bond acceptors (Lipinski definition) is 4.